The van der Waals surface area contributed by atoms with Crippen LogP contribution in [0.4, 0.5) is 11.6 Å². The van der Waals surface area contributed by atoms with E-state index in [0.29, 0.717) is 5.69 Å². The highest BCUT2D eigenvalue weighted by Crippen LogP contribution is 2.22. The quantitative estimate of drug-likeness (QED) is 0.723. The lowest BCUT2D eigenvalue weighted by Gasteiger charge is -2.14. The molecule has 3 N–H and O–H groups in total. The molecule has 0 fully saturated rings. The largest absolute Gasteiger partial charge is 0.475 e. The van der Waals surface area contributed by atoms with Crippen LogP contribution in [0.2, 0.25) is 0 Å². The van der Waals surface area contributed by atoms with Crippen LogP contribution in [0.15, 0.2) is 35.2 Å². The first kappa shape index (κ1) is 18.8. The van der Waals surface area contributed by atoms with E-state index in [0.717, 1.165) is 0 Å². The Morgan fingerprint density at radius 1 is 0.960 bits per heavy atom. The number of rotatable bonds is 7. The molecule has 8 nitrogen and oxygen atoms in total. The van der Waals surface area contributed by atoms with Crippen LogP contribution in [-0.4, -0.2) is 30.6 Å². The summed E-state index contributed by atoms with van der Waals surface area (Å²) in [6.45, 7) is 7.35. The molecule has 0 atom stereocenters. The summed E-state index contributed by atoms with van der Waals surface area (Å²) >= 11 is 0. The van der Waals surface area contributed by atoms with Crippen LogP contribution in [0.5, 0.6) is 11.8 Å². The minimum Gasteiger partial charge on any atom is -0.475 e. The van der Waals surface area contributed by atoms with E-state index in [1.54, 1.807) is 0 Å². The molecule has 0 radical (unpaired) electrons. The normalized spacial score (nSPS) is 11.6. The maximum atomic E-state index is 12.5. The highest BCUT2D eigenvalue weighted by atomic mass is 32.2. The van der Waals surface area contributed by atoms with E-state index in [9.17, 15) is 8.42 Å². The van der Waals surface area contributed by atoms with Crippen LogP contribution < -0.4 is 19.9 Å². The van der Waals surface area contributed by atoms with Crippen molar-refractivity contribution in [3.63, 3.8) is 0 Å². The lowest BCUT2D eigenvalue weighted by atomic mass is 10.3. The van der Waals surface area contributed by atoms with Gasteiger partial charge in [-0.2, -0.15) is 9.97 Å². The molecule has 0 aliphatic rings. The number of nitrogens with two attached hydrogens (primary N) is 1. The van der Waals surface area contributed by atoms with Crippen molar-refractivity contribution in [1.29, 1.82) is 0 Å². The van der Waals surface area contributed by atoms with Crippen LogP contribution in [0.1, 0.15) is 27.7 Å². The van der Waals surface area contributed by atoms with E-state index in [4.69, 9.17) is 15.2 Å². The summed E-state index contributed by atoms with van der Waals surface area (Å²) in [7, 11) is -3.86. The average molecular weight is 366 g/mol. The Morgan fingerprint density at radius 2 is 1.44 bits per heavy atom. The molecule has 1 heterocycles. The molecular weight excluding hydrogens is 344 g/mol. The van der Waals surface area contributed by atoms with Gasteiger partial charge in [0.15, 0.2) is 0 Å². The SMILES string of the molecule is CC(C)Oc1cc(OC(C)C)nc(NS(=O)(=O)c2ccc(N)cc2)n1. The van der Waals surface area contributed by atoms with Gasteiger partial charge in [0, 0.05) is 5.69 Å². The summed E-state index contributed by atoms with van der Waals surface area (Å²) in [5.74, 6) is 0.303. The standard InChI is InChI=1S/C16H22N4O4S/c1-10(2)23-14-9-15(24-11(3)4)19-16(18-14)20-25(21,22)13-7-5-12(17)6-8-13/h5-11H,17H2,1-4H3,(H,18,19,20). The molecule has 0 saturated heterocycles. The van der Waals surface area contributed by atoms with E-state index < -0.39 is 10.0 Å². The van der Waals surface area contributed by atoms with Crippen molar-refractivity contribution in [2.75, 3.05) is 10.5 Å². The Balaban J connectivity index is 2.34. The summed E-state index contributed by atoms with van der Waals surface area (Å²) in [5, 5.41) is 0. The maximum Gasteiger partial charge on any atom is 0.264 e. The number of ether oxygens (including phenoxy) is 2. The van der Waals surface area contributed by atoms with Crippen LogP contribution in [0, 0.1) is 0 Å². The Kier molecular flexibility index (Phi) is 5.68. The van der Waals surface area contributed by atoms with Crippen molar-refractivity contribution in [2.45, 2.75) is 44.8 Å². The van der Waals surface area contributed by atoms with Crippen LogP contribution in [0.3, 0.4) is 0 Å². The second-order valence-corrected chi connectivity index (χ2v) is 7.56. The maximum absolute atomic E-state index is 12.5. The highest BCUT2D eigenvalue weighted by Gasteiger charge is 2.18. The fraction of sp³-hybridized carbons (Fsp3) is 0.375. The number of nitrogen functional groups attached to an aromatic ring is 1. The van der Waals surface area contributed by atoms with Crippen molar-refractivity contribution in [2.24, 2.45) is 0 Å². The summed E-state index contributed by atoms with van der Waals surface area (Å²) in [5.41, 5.74) is 6.05. The zero-order chi connectivity index (χ0) is 18.6. The monoisotopic (exact) mass is 366 g/mol. The number of hydrogen-bond donors (Lipinski definition) is 2. The van der Waals surface area contributed by atoms with Crippen LogP contribution in [0.25, 0.3) is 0 Å². The molecule has 0 spiro atoms. The van der Waals surface area contributed by atoms with Gasteiger partial charge in [-0.05, 0) is 52.0 Å². The smallest absolute Gasteiger partial charge is 0.264 e. The van der Waals surface area contributed by atoms with Gasteiger partial charge in [0.2, 0.25) is 17.7 Å². The summed E-state index contributed by atoms with van der Waals surface area (Å²) in [6, 6.07) is 7.32. The van der Waals surface area contributed by atoms with Gasteiger partial charge < -0.3 is 15.2 Å². The summed E-state index contributed by atoms with van der Waals surface area (Å²) in [4.78, 5) is 8.21. The van der Waals surface area contributed by atoms with Crippen molar-refractivity contribution < 1.29 is 17.9 Å². The molecule has 2 rings (SSSR count). The van der Waals surface area contributed by atoms with Crippen LogP contribution >= 0.6 is 0 Å². The number of sulfonamides is 1. The van der Waals surface area contributed by atoms with Gasteiger partial charge in [-0.1, -0.05) is 0 Å². The molecule has 9 heteroatoms. The van der Waals surface area contributed by atoms with E-state index in [-0.39, 0.29) is 34.8 Å². The molecule has 1 aromatic heterocycles. The van der Waals surface area contributed by atoms with Crippen LogP contribution in [-0.2, 0) is 10.0 Å². The number of hydrogen-bond acceptors (Lipinski definition) is 7. The lowest BCUT2D eigenvalue weighted by Crippen LogP contribution is -2.17. The van der Waals surface area contributed by atoms with Crippen molar-refractivity contribution in [1.82, 2.24) is 9.97 Å². The molecule has 136 valence electrons. The predicted octanol–water partition coefficient (Wildman–Crippen LogP) is 2.43. The molecule has 0 unspecified atom stereocenters. The zero-order valence-corrected chi connectivity index (χ0v) is 15.4. The highest BCUT2D eigenvalue weighted by molar-refractivity contribution is 7.92. The van der Waals surface area contributed by atoms with Gasteiger partial charge in [-0.15, -0.1) is 0 Å². The van der Waals surface area contributed by atoms with E-state index in [1.165, 1.54) is 30.3 Å². The van der Waals surface area contributed by atoms with Gasteiger partial charge in [-0.3, -0.25) is 0 Å². The van der Waals surface area contributed by atoms with Crippen molar-refractivity contribution >= 4 is 21.7 Å². The first-order valence-electron chi connectivity index (χ1n) is 7.76. The van der Waals surface area contributed by atoms with Crippen molar-refractivity contribution in [3.05, 3.63) is 30.3 Å². The number of nitrogens with zero attached hydrogens (tertiary/aromatic N) is 2. The molecule has 1 aromatic carbocycles. The van der Waals surface area contributed by atoms with E-state index in [1.807, 2.05) is 27.7 Å². The van der Waals surface area contributed by atoms with Gasteiger partial charge in [-0.25, -0.2) is 13.1 Å². The Bertz CT molecular complexity index is 792. The molecule has 0 saturated carbocycles. The Labute approximate surface area is 147 Å². The summed E-state index contributed by atoms with van der Waals surface area (Å²) in [6.07, 6.45) is -0.272. The second-order valence-electron chi connectivity index (χ2n) is 5.88. The molecule has 2 aromatic rings. The number of nitrogens with one attached hydrogen (secondary N) is 1. The third-order valence-electron chi connectivity index (χ3n) is 2.81. The molecular formula is C16H22N4O4S. The minimum absolute atomic E-state index is 0.0480. The van der Waals surface area contributed by atoms with Gasteiger partial charge in [0.05, 0.1) is 23.2 Å². The topological polar surface area (TPSA) is 116 Å². The number of aromatic nitrogens is 2. The second kappa shape index (κ2) is 7.56. The molecule has 25 heavy (non-hydrogen) atoms. The third-order valence-corrected chi connectivity index (χ3v) is 4.15. The minimum atomic E-state index is -3.86. The third kappa shape index (κ3) is 5.49. The fourth-order valence-electron chi connectivity index (χ4n) is 1.88. The van der Waals surface area contributed by atoms with E-state index in [2.05, 4.69) is 14.7 Å². The summed E-state index contributed by atoms with van der Waals surface area (Å²) < 4.78 is 38.3. The Morgan fingerprint density at radius 3 is 1.88 bits per heavy atom. The number of benzene rings is 1. The van der Waals surface area contributed by atoms with Gasteiger partial charge in [0.1, 0.15) is 0 Å². The fourth-order valence-corrected chi connectivity index (χ4v) is 2.82. The lowest BCUT2D eigenvalue weighted by molar-refractivity contribution is 0.217. The number of anilines is 2. The molecule has 0 aliphatic heterocycles. The first-order valence-corrected chi connectivity index (χ1v) is 9.25. The van der Waals surface area contributed by atoms with E-state index >= 15 is 0 Å². The molecule has 0 amide bonds. The first-order chi connectivity index (χ1) is 11.7. The molecule has 0 bridgehead atoms. The molecule has 0 aliphatic carbocycles. The van der Waals surface area contributed by atoms with Gasteiger partial charge in [0.25, 0.3) is 10.0 Å². The average Bonchev–Trinajstić information content (AvgIpc) is 2.45. The van der Waals surface area contributed by atoms with Crippen molar-refractivity contribution in [3.8, 4) is 11.8 Å². The van der Waals surface area contributed by atoms with Gasteiger partial charge >= 0.3 is 0 Å². The zero-order valence-electron chi connectivity index (χ0n) is 14.6. The Hall–Kier alpha value is -2.55. The predicted molar refractivity (Wildman–Crippen MR) is 95.2 cm³/mol.